The van der Waals surface area contributed by atoms with E-state index in [4.69, 9.17) is 11.6 Å². The summed E-state index contributed by atoms with van der Waals surface area (Å²) in [5.41, 5.74) is 1.65. The molecule has 0 aliphatic rings. The Morgan fingerprint density at radius 3 is 2.47 bits per heavy atom. The number of alkyl halides is 1. The molecule has 0 N–H and O–H groups in total. The molecule has 0 aliphatic heterocycles. The van der Waals surface area contributed by atoms with Gasteiger partial charge in [-0.1, -0.05) is 12.1 Å². The number of hydrogen-bond donors (Lipinski definition) is 0. The summed E-state index contributed by atoms with van der Waals surface area (Å²) in [5, 5.41) is -0.392. The molecule has 0 spiro atoms. The summed E-state index contributed by atoms with van der Waals surface area (Å²) in [5.74, 6) is -0.307. The van der Waals surface area contributed by atoms with Gasteiger partial charge in [0, 0.05) is 5.56 Å². The second-order valence-corrected chi connectivity index (χ2v) is 8.26. The Bertz CT molecular complexity index is 556. The standard InChI is InChI=1S/C11H5Br3ClFS/c12-8-4-6(11(14)17-8)10(15)5-2-1-3-7(16)9(5)13/h1-4,10H. The number of halogens is 5. The van der Waals surface area contributed by atoms with Gasteiger partial charge in [0.15, 0.2) is 0 Å². The molecule has 6 heteroatoms. The minimum Gasteiger partial charge on any atom is -0.206 e. The van der Waals surface area contributed by atoms with Crippen LogP contribution in [0.25, 0.3) is 0 Å². The van der Waals surface area contributed by atoms with Gasteiger partial charge < -0.3 is 0 Å². The van der Waals surface area contributed by atoms with E-state index in [9.17, 15) is 4.39 Å². The molecule has 90 valence electrons. The fourth-order valence-corrected chi connectivity index (χ4v) is 5.49. The van der Waals surface area contributed by atoms with Crippen LogP contribution < -0.4 is 0 Å². The fraction of sp³-hybridized carbons (Fsp3) is 0.0909. The summed E-state index contributed by atoms with van der Waals surface area (Å²) in [6.45, 7) is 0. The lowest BCUT2D eigenvalue weighted by Gasteiger charge is -2.11. The maximum Gasteiger partial charge on any atom is 0.137 e. The molecule has 0 amide bonds. The highest BCUT2D eigenvalue weighted by molar-refractivity contribution is 9.12. The molecule has 0 saturated heterocycles. The van der Waals surface area contributed by atoms with Crippen LogP contribution in [0.15, 0.2) is 36.3 Å². The molecule has 1 atom stereocenters. The Labute approximate surface area is 133 Å². The van der Waals surface area contributed by atoms with E-state index in [2.05, 4.69) is 47.8 Å². The molecule has 0 nitrogen and oxygen atoms in total. The second-order valence-electron chi connectivity index (χ2n) is 3.29. The molecular weight excluding hydrogens is 458 g/mol. The van der Waals surface area contributed by atoms with E-state index in [1.165, 1.54) is 6.07 Å². The zero-order valence-electron chi connectivity index (χ0n) is 8.18. The first-order valence-corrected chi connectivity index (χ1v) is 8.16. The van der Waals surface area contributed by atoms with Gasteiger partial charge in [-0.15, -0.1) is 22.9 Å². The summed E-state index contributed by atoms with van der Waals surface area (Å²) < 4.78 is 15.8. The largest absolute Gasteiger partial charge is 0.206 e. The molecular formula is C11H5Br3ClFS. The Morgan fingerprint density at radius 2 is 1.88 bits per heavy atom. The summed E-state index contributed by atoms with van der Waals surface area (Å²) in [6.07, 6.45) is 0. The van der Waals surface area contributed by atoms with Gasteiger partial charge in [0.05, 0.1) is 17.4 Å². The molecule has 0 radical (unpaired) electrons. The predicted octanol–water partition coefficient (Wildman–Crippen LogP) is 6.50. The highest BCUT2D eigenvalue weighted by Gasteiger charge is 2.20. The Balaban J connectivity index is 2.47. The maximum absolute atomic E-state index is 13.4. The van der Waals surface area contributed by atoms with Crippen molar-refractivity contribution in [1.29, 1.82) is 0 Å². The molecule has 0 fully saturated rings. The molecule has 1 aromatic heterocycles. The van der Waals surface area contributed by atoms with Gasteiger partial charge in [0.25, 0.3) is 0 Å². The third-order valence-electron chi connectivity index (χ3n) is 2.21. The smallest absolute Gasteiger partial charge is 0.137 e. The van der Waals surface area contributed by atoms with Crippen molar-refractivity contribution < 1.29 is 4.39 Å². The lowest BCUT2D eigenvalue weighted by molar-refractivity contribution is 0.618. The summed E-state index contributed by atoms with van der Waals surface area (Å²) in [6, 6.07) is 6.79. The Hall–Kier alpha value is 0.580. The van der Waals surface area contributed by atoms with Crippen LogP contribution in [0.5, 0.6) is 0 Å². The van der Waals surface area contributed by atoms with Crippen LogP contribution in [0.4, 0.5) is 4.39 Å². The van der Waals surface area contributed by atoms with Gasteiger partial charge in [-0.25, -0.2) is 4.39 Å². The zero-order chi connectivity index (χ0) is 12.6. The molecule has 2 rings (SSSR count). The van der Waals surface area contributed by atoms with Crippen molar-refractivity contribution in [2.24, 2.45) is 0 Å². The van der Waals surface area contributed by atoms with Crippen molar-refractivity contribution in [3.8, 4) is 0 Å². The molecule has 17 heavy (non-hydrogen) atoms. The van der Waals surface area contributed by atoms with Crippen LogP contribution in [-0.4, -0.2) is 0 Å². The van der Waals surface area contributed by atoms with Gasteiger partial charge in [-0.05, 0) is 65.5 Å². The molecule has 2 aromatic rings. The van der Waals surface area contributed by atoms with E-state index in [1.54, 1.807) is 17.4 Å². The third-order valence-corrected chi connectivity index (χ3v) is 5.90. The first kappa shape index (κ1) is 14.0. The maximum atomic E-state index is 13.4. The summed E-state index contributed by atoms with van der Waals surface area (Å²) in [4.78, 5) is 0. The lowest BCUT2D eigenvalue weighted by atomic mass is 10.1. The Kier molecular flexibility index (Phi) is 4.69. The van der Waals surface area contributed by atoms with E-state index in [0.29, 0.717) is 4.47 Å². The minimum absolute atomic E-state index is 0.307. The fourth-order valence-electron chi connectivity index (χ4n) is 1.41. The van der Waals surface area contributed by atoms with Crippen LogP contribution in [0.3, 0.4) is 0 Å². The van der Waals surface area contributed by atoms with Gasteiger partial charge >= 0.3 is 0 Å². The van der Waals surface area contributed by atoms with Crippen molar-refractivity contribution in [3.63, 3.8) is 0 Å². The SMILES string of the molecule is Fc1cccc(C(Cl)c2cc(Br)sc2Br)c1Br. The van der Waals surface area contributed by atoms with Crippen LogP contribution in [0, 0.1) is 5.82 Å². The summed E-state index contributed by atoms with van der Waals surface area (Å²) in [7, 11) is 0. The van der Waals surface area contributed by atoms with Crippen molar-refractivity contribution in [2.45, 2.75) is 5.38 Å². The van der Waals surface area contributed by atoms with E-state index in [1.807, 2.05) is 12.1 Å². The van der Waals surface area contributed by atoms with Crippen LogP contribution >= 0.6 is 70.7 Å². The topological polar surface area (TPSA) is 0 Å². The lowest BCUT2D eigenvalue weighted by Crippen LogP contribution is -1.95. The average Bonchev–Trinajstić information content (AvgIpc) is 2.61. The highest BCUT2D eigenvalue weighted by Crippen LogP contribution is 2.42. The molecule has 0 aliphatic carbocycles. The van der Waals surface area contributed by atoms with Crippen molar-refractivity contribution in [2.75, 3.05) is 0 Å². The van der Waals surface area contributed by atoms with Gasteiger partial charge in [-0.3, -0.25) is 0 Å². The molecule has 1 unspecified atom stereocenters. The quantitative estimate of drug-likeness (QED) is 0.446. The first-order chi connectivity index (χ1) is 8.00. The van der Waals surface area contributed by atoms with E-state index < -0.39 is 5.38 Å². The summed E-state index contributed by atoms with van der Waals surface area (Å²) >= 11 is 18.0. The second kappa shape index (κ2) is 5.70. The number of rotatable bonds is 2. The average molecular weight is 463 g/mol. The number of thiophene rings is 1. The molecule has 0 saturated carbocycles. The molecule has 1 heterocycles. The van der Waals surface area contributed by atoms with Gasteiger partial charge in [0.2, 0.25) is 0 Å². The molecule has 1 aromatic carbocycles. The van der Waals surface area contributed by atoms with E-state index in [-0.39, 0.29) is 5.82 Å². The van der Waals surface area contributed by atoms with Crippen molar-refractivity contribution in [3.05, 3.63) is 53.3 Å². The first-order valence-electron chi connectivity index (χ1n) is 4.53. The third kappa shape index (κ3) is 2.95. The number of benzene rings is 1. The minimum atomic E-state index is -0.392. The van der Waals surface area contributed by atoms with Crippen LogP contribution in [-0.2, 0) is 0 Å². The van der Waals surface area contributed by atoms with Crippen molar-refractivity contribution in [1.82, 2.24) is 0 Å². The van der Waals surface area contributed by atoms with Crippen LogP contribution in [0.2, 0.25) is 0 Å². The highest BCUT2D eigenvalue weighted by atomic mass is 79.9. The monoisotopic (exact) mass is 460 g/mol. The van der Waals surface area contributed by atoms with Crippen molar-refractivity contribution >= 4 is 70.7 Å². The van der Waals surface area contributed by atoms with Gasteiger partial charge in [0.1, 0.15) is 5.82 Å². The van der Waals surface area contributed by atoms with E-state index >= 15 is 0 Å². The zero-order valence-corrected chi connectivity index (χ0v) is 14.5. The molecule has 0 bridgehead atoms. The van der Waals surface area contributed by atoms with Crippen LogP contribution in [0.1, 0.15) is 16.5 Å². The predicted molar refractivity (Wildman–Crippen MR) is 81.5 cm³/mol. The Morgan fingerprint density at radius 1 is 1.18 bits per heavy atom. The number of hydrogen-bond acceptors (Lipinski definition) is 1. The normalized spacial score (nSPS) is 12.8. The van der Waals surface area contributed by atoms with Gasteiger partial charge in [-0.2, -0.15) is 0 Å². The van der Waals surface area contributed by atoms with E-state index in [0.717, 1.165) is 18.7 Å².